The number of aromatic nitrogens is 2. The van der Waals surface area contributed by atoms with Gasteiger partial charge in [0.15, 0.2) is 0 Å². The van der Waals surface area contributed by atoms with Crippen molar-refractivity contribution in [2.75, 3.05) is 6.54 Å². The first-order valence-electron chi connectivity index (χ1n) is 6.80. The number of hydrogen-bond donors (Lipinski definition) is 2. The summed E-state index contributed by atoms with van der Waals surface area (Å²) in [6.07, 6.45) is 4.85. The van der Waals surface area contributed by atoms with Crippen molar-refractivity contribution in [3.05, 3.63) is 48.3 Å². The van der Waals surface area contributed by atoms with Crippen LogP contribution in [0, 0.1) is 5.92 Å². The van der Waals surface area contributed by atoms with E-state index in [0.717, 1.165) is 24.1 Å². The second-order valence-corrected chi connectivity index (χ2v) is 5.08. The average Bonchev–Trinajstić information content (AvgIpc) is 3.19. The molecule has 1 atom stereocenters. The number of nitrogens with one attached hydrogen (secondary N) is 1. The van der Waals surface area contributed by atoms with E-state index in [0.29, 0.717) is 0 Å². The number of rotatable bonds is 5. The van der Waals surface area contributed by atoms with Crippen molar-refractivity contribution in [1.82, 2.24) is 15.1 Å². The Hall–Kier alpha value is -2.14. The monoisotopic (exact) mass is 271 g/mol. The van der Waals surface area contributed by atoms with Gasteiger partial charge in [0.05, 0.1) is 11.8 Å². The Morgan fingerprint density at radius 1 is 1.40 bits per heavy atom. The van der Waals surface area contributed by atoms with Gasteiger partial charge < -0.3 is 10.4 Å². The minimum absolute atomic E-state index is 0.0530. The Balaban J connectivity index is 1.60. The number of aliphatic hydroxyl groups is 1. The van der Waals surface area contributed by atoms with Crippen LogP contribution >= 0.6 is 0 Å². The highest BCUT2D eigenvalue weighted by molar-refractivity contribution is 5.80. The van der Waals surface area contributed by atoms with Gasteiger partial charge in [0.25, 0.3) is 0 Å². The third kappa shape index (κ3) is 2.88. The fourth-order valence-corrected chi connectivity index (χ4v) is 2.08. The first kappa shape index (κ1) is 12.9. The van der Waals surface area contributed by atoms with Crippen molar-refractivity contribution < 1.29 is 9.90 Å². The molecule has 0 radical (unpaired) electrons. The van der Waals surface area contributed by atoms with Crippen molar-refractivity contribution in [2.45, 2.75) is 18.9 Å². The molecule has 3 rings (SSSR count). The molecule has 0 spiro atoms. The Labute approximate surface area is 117 Å². The zero-order chi connectivity index (χ0) is 13.9. The third-order valence-corrected chi connectivity index (χ3v) is 3.46. The summed E-state index contributed by atoms with van der Waals surface area (Å²) in [5, 5.41) is 17.0. The molecule has 5 nitrogen and oxygen atoms in total. The Morgan fingerprint density at radius 3 is 2.75 bits per heavy atom. The summed E-state index contributed by atoms with van der Waals surface area (Å²) >= 11 is 0. The van der Waals surface area contributed by atoms with Crippen molar-refractivity contribution in [3.8, 4) is 5.69 Å². The maximum atomic E-state index is 11.5. The summed E-state index contributed by atoms with van der Waals surface area (Å²) in [5.74, 6) is 0.224. The summed E-state index contributed by atoms with van der Waals surface area (Å²) in [5.41, 5.74) is 1.73. The minimum Gasteiger partial charge on any atom is -0.387 e. The molecule has 0 saturated heterocycles. The van der Waals surface area contributed by atoms with Gasteiger partial charge in [-0.25, -0.2) is 4.68 Å². The van der Waals surface area contributed by atoms with Crippen LogP contribution in [-0.4, -0.2) is 27.3 Å². The van der Waals surface area contributed by atoms with Gasteiger partial charge in [-0.2, -0.15) is 5.10 Å². The molecule has 1 aliphatic rings. The lowest BCUT2D eigenvalue weighted by Gasteiger charge is -2.12. The number of benzene rings is 1. The third-order valence-electron chi connectivity index (χ3n) is 3.46. The molecular formula is C15H17N3O2. The van der Waals surface area contributed by atoms with E-state index in [-0.39, 0.29) is 18.4 Å². The normalized spacial score (nSPS) is 15.8. The number of hydrogen-bond acceptors (Lipinski definition) is 3. The topological polar surface area (TPSA) is 67.2 Å². The molecule has 1 aromatic carbocycles. The van der Waals surface area contributed by atoms with Gasteiger partial charge in [-0.05, 0) is 36.6 Å². The molecule has 2 aromatic rings. The predicted octanol–water partition coefficient (Wildman–Crippen LogP) is 1.43. The second-order valence-electron chi connectivity index (χ2n) is 5.08. The number of carbonyl (C=O) groups is 1. The highest BCUT2D eigenvalue weighted by Gasteiger charge is 2.29. The number of aliphatic hydroxyl groups excluding tert-OH is 1. The van der Waals surface area contributed by atoms with Gasteiger partial charge in [0.2, 0.25) is 5.91 Å². The van der Waals surface area contributed by atoms with Crippen LogP contribution in [0.1, 0.15) is 24.5 Å². The molecule has 104 valence electrons. The highest BCUT2D eigenvalue weighted by atomic mass is 16.3. The van der Waals surface area contributed by atoms with Crippen molar-refractivity contribution in [3.63, 3.8) is 0 Å². The summed E-state index contributed by atoms with van der Waals surface area (Å²) in [6, 6.07) is 9.36. The van der Waals surface area contributed by atoms with E-state index < -0.39 is 6.10 Å². The molecule has 5 heteroatoms. The lowest BCUT2D eigenvalue weighted by atomic mass is 10.1. The fourth-order valence-electron chi connectivity index (χ4n) is 2.08. The van der Waals surface area contributed by atoms with Gasteiger partial charge in [-0.3, -0.25) is 4.79 Å². The molecule has 0 bridgehead atoms. The molecule has 20 heavy (non-hydrogen) atoms. The molecule has 1 aliphatic carbocycles. The summed E-state index contributed by atoms with van der Waals surface area (Å²) in [7, 11) is 0. The molecule has 1 heterocycles. The molecule has 1 unspecified atom stereocenters. The quantitative estimate of drug-likeness (QED) is 0.864. The summed E-state index contributed by atoms with van der Waals surface area (Å²) in [6.45, 7) is 0.260. The maximum absolute atomic E-state index is 11.5. The van der Waals surface area contributed by atoms with Gasteiger partial charge in [0, 0.05) is 24.9 Å². The van der Waals surface area contributed by atoms with Gasteiger partial charge in [-0.1, -0.05) is 12.1 Å². The Bertz CT molecular complexity index is 574. The molecule has 1 aromatic heterocycles. The van der Waals surface area contributed by atoms with Crippen LogP contribution in [0.3, 0.4) is 0 Å². The zero-order valence-electron chi connectivity index (χ0n) is 11.1. The minimum atomic E-state index is -0.677. The van der Waals surface area contributed by atoms with E-state index in [2.05, 4.69) is 10.4 Å². The van der Waals surface area contributed by atoms with Crippen LogP contribution in [-0.2, 0) is 4.79 Å². The van der Waals surface area contributed by atoms with Crippen molar-refractivity contribution in [2.24, 2.45) is 5.92 Å². The first-order valence-corrected chi connectivity index (χ1v) is 6.80. The van der Waals surface area contributed by atoms with Crippen LogP contribution in [0.15, 0.2) is 42.7 Å². The molecular weight excluding hydrogens is 254 g/mol. The number of amides is 1. The fraction of sp³-hybridized carbons (Fsp3) is 0.333. The van der Waals surface area contributed by atoms with E-state index in [4.69, 9.17) is 0 Å². The van der Waals surface area contributed by atoms with E-state index >= 15 is 0 Å². The molecule has 1 amide bonds. The second kappa shape index (κ2) is 5.46. The van der Waals surface area contributed by atoms with Crippen LogP contribution in [0.4, 0.5) is 0 Å². The van der Waals surface area contributed by atoms with Gasteiger partial charge in [-0.15, -0.1) is 0 Å². The van der Waals surface area contributed by atoms with Gasteiger partial charge in [0.1, 0.15) is 0 Å². The van der Waals surface area contributed by atoms with Crippen LogP contribution in [0.5, 0.6) is 0 Å². The highest BCUT2D eigenvalue weighted by Crippen LogP contribution is 2.28. The van der Waals surface area contributed by atoms with E-state index in [9.17, 15) is 9.90 Å². The zero-order valence-corrected chi connectivity index (χ0v) is 11.1. The predicted molar refractivity (Wildman–Crippen MR) is 74.3 cm³/mol. The Kier molecular flexibility index (Phi) is 3.52. The molecule has 2 N–H and O–H groups in total. The Morgan fingerprint density at radius 2 is 2.15 bits per heavy atom. The lowest BCUT2D eigenvalue weighted by Crippen LogP contribution is -2.29. The smallest absolute Gasteiger partial charge is 0.223 e. The lowest BCUT2D eigenvalue weighted by molar-refractivity contribution is -0.122. The molecule has 1 saturated carbocycles. The SMILES string of the molecule is O=C(NCC(O)c1ccc(-n2cccn2)cc1)C1CC1. The summed E-state index contributed by atoms with van der Waals surface area (Å²) < 4.78 is 1.75. The van der Waals surface area contributed by atoms with Crippen LogP contribution in [0.2, 0.25) is 0 Å². The maximum Gasteiger partial charge on any atom is 0.223 e. The number of nitrogens with zero attached hydrogens (tertiary/aromatic N) is 2. The largest absolute Gasteiger partial charge is 0.387 e. The van der Waals surface area contributed by atoms with Crippen LogP contribution < -0.4 is 5.32 Å². The standard InChI is InChI=1S/C15H17N3O2/c19-14(10-16-15(20)12-2-3-12)11-4-6-13(7-5-11)18-9-1-8-17-18/h1,4-9,12,14,19H,2-3,10H2,(H,16,20). The van der Waals surface area contributed by atoms with Crippen LogP contribution in [0.25, 0.3) is 5.69 Å². The average molecular weight is 271 g/mol. The van der Waals surface area contributed by atoms with E-state index in [1.165, 1.54) is 0 Å². The summed E-state index contributed by atoms with van der Waals surface area (Å²) in [4.78, 5) is 11.5. The van der Waals surface area contributed by atoms with E-state index in [1.54, 1.807) is 10.9 Å². The first-order chi connectivity index (χ1) is 9.74. The van der Waals surface area contributed by atoms with Crippen molar-refractivity contribution >= 4 is 5.91 Å². The molecule has 1 fully saturated rings. The number of carbonyl (C=O) groups excluding carboxylic acids is 1. The van der Waals surface area contributed by atoms with E-state index in [1.807, 2.05) is 36.5 Å². The van der Waals surface area contributed by atoms with Gasteiger partial charge >= 0.3 is 0 Å². The molecule has 0 aliphatic heterocycles. The van der Waals surface area contributed by atoms with Crippen molar-refractivity contribution in [1.29, 1.82) is 0 Å².